The molecule has 4 nitrogen and oxygen atoms in total. The lowest BCUT2D eigenvalue weighted by atomic mass is 9.90. The molecule has 0 spiro atoms. The van der Waals surface area contributed by atoms with Gasteiger partial charge < -0.3 is 10.1 Å². The first kappa shape index (κ1) is 11.4. The van der Waals surface area contributed by atoms with Crippen molar-refractivity contribution in [3.63, 3.8) is 0 Å². The topological polar surface area (TPSA) is 47.0 Å². The van der Waals surface area contributed by atoms with E-state index in [1.54, 1.807) is 12.6 Å². The van der Waals surface area contributed by atoms with Crippen LogP contribution in [0.1, 0.15) is 20.3 Å². The average Bonchev–Trinajstić information content (AvgIpc) is 2.64. The van der Waals surface area contributed by atoms with E-state index in [-0.39, 0.29) is 5.41 Å². The minimum atomic E-state index is 0.224. The molecular formula is C9H17N3OS. The van der Waals surface area contributed by atoms with Gasteiger partial charge in [-0.05, 0) is 11.8 Å². The van der Waals surface area contributed by atoms with E-state index in [4.69, 9.17) is 4.74 Å². The predicted octanol–water partition coefficient (Wildman–Crippen LogP) is 2.01. The van der Waals surface area contributed by atoms with Crippen LogP contribution in [0.15, 0.2) is 5.51 Å². The van der Waals surface area contributed by atoms with Gasteiger partial charge in [-0.25, -0.2) is 0 Å². The highest BCUT2D eigenvalue weighted by Gasteiger charge is 2.17. The van der Waals surface area contributed by atoms with Crippen LogP contribution in [0.25, 0.3) is 0 Å². The highest BCUT2D eigenvalue weighted by molar-refractivity contribution is 7.13. The second-order valence-electron chi connectivity index (χ2n) is 4.00. The molecule has 0 bridgehead atoms. The monoisotopic (exact) mass is 215 g/mol. The van der Waals surface area contributed by atoms with Crippen molar-refractivity contribution in [1.82, 2.24) is 10.2 Å². The molecule has 14 heavy (non-hydrogen) atoms. The Morgan fingerprint density at radius 3 is 2.93 bits per heavy atom. The highest BCUT2D eigenvalue weighted by Crippen LogP contribution is 2.21. The van der Waals surface area contributed by atoms with Crippen molar-refractivity contribution in [2.24, 2.45) is 5.41 Å². The predicted molar refractivity (Wildman–Crippen MR) is 58.7 cm³/mol. The summed E-state index contributed by atoms with van der Waals surface area (Å²) in [6.45, 7) is 6.11. The van der Waals surface area contributed by atoms with Crippen LogP contribution in [0.3, 0.4) is 0 Å². The van der Waals surface area contributed by atoms with Crippen molar-refractivity contribution in [3.8, 4) is 0 Å². The van der Waals surface area contributed by atoms with E-state index in [0.717, 1.165) is 24.7 Å². The van der Waals surface area contributed by atoms with E-state index in [1.165, 1.54) is 11.3 Å². The maximum Gasteiger partial charge on any atom is 0.205 e. The summed E-state index contributed by atoms with van der Waals surface area (Å²) in [5.74, 6) is 0. The Balaban J connectivity index is 2.28. The van der Waals surface area contributed by atoms with Gasteiger partial charge in [-0.2, -0.15) is 0 Å². The molecule has 0 radical (unpaired) electrons. The Labute approximate surface area is 88.7 Å². The van der Waals surface area contributed by atoms with Gasteiger partial charge in [0.1, 0.15) is 5.51 Å². The van der Waals surface area contributed by atoms with Crippen molar-refractivity contribution >= 4 is 16.5 Å². The van der Waals surface area contributed by atoms with Crippen LogP contribution < -0.4 is 5.32 Å². The molecule has 1 N–H and O–H groups in total. The molecule has 0 saturated heterocycles. The van der Waals surface area contributed by atoms with Crippen molar-refractivity contribution in [1.29, 1.82) is 0 Å². The lowest BCUT2D eigenvalue weighted by Crippen LogP contribution is -2.24. The van der Waals surface area contributed by atoms with E-state index in [2.05, 4.69) is 29.4 Å². The Morgan fingerprint density at radius 1 is 1.57 bits per heavy atom. The van der Waals surface area contributed by atoms with Crippen LogP contribution in [-0.4, -0.2) is 30.5 Å². The van der Waals surface area contributed by atoms with Gasteiger partial charge in [0.2, 0.25) is 5.13 Å². The Kier molecular flexibility index (Phi) is 4.28. The maximum atomic E-state index is 5.06. The minimum Gasteiger partial charge on any atom is -0.385 e. The fourth-order valence-electron chi connectivity index (χ4n) is 1.03. The molecule has 0 fully saturated rings. The second kappa shape index (κ2) is 5.26. The van der Waals surface area contributed by atoms with E-state index in [1.807, 2.05) is 0 Å². The van der Waals surface area contributed by atoms with Crippen molar-refractivity contribution in [2.75, 3.05) is 25.6 Å². The molecule has 0 aliphatic heterocycles. The van der Waals surface area contributed by atoms with Crippen LogP contribution in [0.4, 0.5) is 5.13 Å². The number of rotatable bonds is 6. The molecule has 0 unspecified atom stereocenters. The Bertz CT molecular complexity index is 249. The van der Waals surface area contributed by atoms with Gasteiger partial charge in [-0.1, -0.05) is 25.2 Å². The van der Waals surface area contributed by atoms with Gasteiger partial charge in [-0.15, -0.1) is 10.2 Å². The van der Waals surface area contributed by atoms with Gasteiger partial charge in [-0.3, -0.25) is 0 Å². The third-order valence-electron chi connectivity index (χ3n) is 2.06. The number of hydrogen-bond acceptors (Lipinski definition) is 5. The highest BCUT2D eigenvalue weighted by atomic mass is 32.1. The lowest BCUT2D eigenvalue weighted by Gasteiger charge is -2.24. The number of aromatic nitrogens is 2. The molecule has 0 amide bonds. The Morgan fingerprint density at radius 2 is 2.36 bits per heavy atom. The molecule has 1 aromatic rings. The van der Waals surface area contributed by atoms with Crippen molar-refractivity contribution in [2.45, 2.75) is 20.3 Å². The van der Waals surface area contributed by atoms with E-state index in [0.29, 0.717) is 0 Å². The zero-order valence-corrected chi connectivity index (χ0v) is 9.73. The number of methoxy groups -OCH3 is 1. The summed E-state index contributed by atoms with van der Waals surface area (Å²) in [7, 11) is 1.73. The third kappa shape index (κ3) is 4.02. The van der Waals surface area contributed by atoms with Crippen LogP contribution in [0.2, 0.25) is 0 Å². The van der Waals surface area contributed by atoms with Gasteiger partial charge in [0.15, 0.2) is 0 Å². The summed E-state index contributed by atoms with van der Waals surface area (Å²) < 4.78 is 5.06. The van der Waals surface area contributed by atoms with Crippen LogP contribution >= 0.6 is 11.3 Å². The van der Waals surface area contributed by atoms with Gasteiger partial charge in [0.05, 0.1) is 0 Å². The summed E-state index contributed by atoms with van der Waals surface area (Å²) >= 11 is 1.52. The summed E-state index contributed by atoms with van der Waals surface area (Å²) in [5, 5.41) is 11.8. The molecular weight excluding hydrogens is 198 g/mol. The zero-order chi connectivity index (χ0) is 10.4. The first-order valence-electron chi connectivity index (χ1n) is 4.63. The molecule has 0 aromatic carbocycles. The molecule has 80 valence electrons. The van der Waals surface area contributed by atoms with Crippen LogP contribution in [-0.2, 0) is 4.74 Å². The smallest absolute Gasteiger partial charge is 0.205 e. The molecule has 5 heteroatoms. The number of ether oxygens (including phenoxy) is 1. The number of nitrogens with zero attached hydrogens (tertiary/aromatic N) is 2. The second-order valence-corrected chi connectivity index (χ2v) is 4.84. The van der Waals surface area contributed by atoms with E-state index in [9.17, 15) is 0 Å². The Hall–Kier alpha value is -0.680. The first-order chi connectivity index (χ1) is 6.64. The quantitative estimate of drug-likeness (QED) is 0.788. The summed E-state index contributed by atoms with van der Waals surface area (Å²) in [6, 6.07) is 0. The van der Waals surface area contributed by atoms with Crippen LogP contribution in [0, 0.1) is 5.41 Å². The fourth-order valence-corrected chi connectivity index (χ4v) is 1.48. The number of hydrogen-bond donors (Lipinski definition) is 1. The zero-order valence-electron chi connectivity index (χ0n) is 8.91. The van der Waals surface area contributed by atoms with Gasteiger partial charge in [0.25, 0.3) is 0 Å². The summed E-state index contributed by atoms with van der Waals surface area (Å²) in [4.78, 5) is 0. The number of nitrogens with one attached hydrogen (secondary N) is 1. The first-order valence-corrected chi connectivity index (χ1v) is 5.51. The average molecular weight is 215 g/mol. The minimum absolute atomic E-state index is 0.224. The van der Waals surface area contributed by atoms with Crippen molar-refractivity contribution in [3.05, 3.63) is 5.51 Å². The number of anilines is 1. The normalized spacial score (nSPS) is 11.6. The summed E-state index contributed by atoms with van der Waals surface area (Å²) in [5.41, 5.74) is 1.95. The standard InChI is InChI=1S/C9H17N3OS/c1-9(2,4-5-13-3)6-10-8-12-11-7-14-8/h7H,4-6H2,1-3H3,(H,10,12). The molecule has 0 atom stereocenters. The lowest BCUT2D eigenvalue weighted by molar-refractivity contribution is 0.157. The SMILES string of the molecule is COCCC(C)(C)CNc1nncs1. The molecule has 0 saturated carbocycles. The van der Waals surface area contributed by atoms with Crippen LogP contribution in [0.5, 0.6) is 0 Å². The molecule has 0 aliphatic carbocycles. The fraction of sp³-hybridized carbons (Fsp3) is 0.778. The van der Waals surface area contributed by atoms with Crippen molar-refractivity contribution < 1.29 is 4.74 Å². The molecule has 1 heterocycles. The van der Waals surface area contributed by atoms with Gasteiger partial charge >= 0.3 is 0 Å². The molecule has 1 rings (SSSR count). The molecule has 1 aromatic heterocycles. The molecule has 0 aliphatic rings. The third-order valence-corrected chi connectivity index (χ3v) is 2.71. The van der Waals surface area contributed by atoms with E-state index < -0.39 is 0 Å². The summed E-state index contributed by atoms with van der Waals surface area (Å²) in [6.07, 6.45) is 1.04. The maximum absolute atomic E-state index is 5.06. The van der Waals surface area contributed by atoms with E-state index >= 15 is 0 Å². The largest absolute Gasteiger partial charge is 0.385 e. The van der Waals surface area contributed by atoms with Gasteiger partial charge in [0, 0.05) is 20.3 Å².